The first-order valence-electron chi connectivity index (χ1n) is 5.30. The normalized spacial score (nSPS) is 10.2. The molecule has 0 saturated carbocycles. The van der Waals surface area contributed by atoms with Gasteiger partial charge in [-0.2, -0.15) is 5.10 Å². The number of nitrogens with zero attached hydrogens (tertiary/aromatic N) is 2. The third-order valence-electron chi connectivity index (χ3n) is 2.31. The van der Waals surface area contributed by atoms with Crippen LogP contribution in [0.5, 0.6) is 0 Å². The van der Waals surface area contributed by atoms with Gasteiger partial charge < -0.3 is 0 Å². The van der Waals surface area contributed by atoms with E-state index in [0.717, 1.165) is 5.56 Å². The van der Waals surface area contributed by atoms with Gasteiger partial charge in [-0.3, -0.25) is 9.59 Å². The van der Waals surface area contributed by atoms with Crippen molar-refractivity contribution in [3.8, 4) is 11.3 Å². The van der Waals surface area contributed by atoms with E-state index in [9.17, 15) is 9.59 Å². The minimum absolute atomic E-state index is 0.0134. The zero-order valence-corrected chi connectivity index (χ0v) is 9.46. The monoisotopic (exact) mass is 228 g/mol. The van der Waals surface area contributed by atoms with Crippen molar-refractivity contribution in [3.05, 3.63) is 52.8 Å². The van der Waals surface area contributed by atoms with Crippen LogP contribution in [0.2, 0.25) is 0 Å². The van der Waals surface area contributed by atoms with Gasteiger partial charge in [0.25, 0.3) is 5.56 Å². The summed E-state index contributed by atoms with van der Waals surface area (Å²) in [6, 6.07) is 12.6. The van der Waals surface area contributed by atoms with E-state index in [2.05, 4.69) is 5.10 Å². The topological polar surface area (TPSA) is 52.0 Å². The van der Waals surface area contributed by atoms with Gasteiger partial charge in [-0.15, -0.1) is 0 Å². The van der Waals surface area contributed by atoms with Gasteiger partial charge >= 0.3 is 0 Å². The molecule has 0 unspecified atom stereocenters. The molecule has 0 atom stereocenters. The van der Waals surface area contributed by atoms with Crippen molar-refractivity contribution in [3.63, 3.8) is 0 Å². The maximum absolute atomic E-state index is 11.5. The first-order chi connectivity index (χ1) is 8.16. The number of carbonyl (C=O) groups is 1. The van der Waals surface area contributed by atoms with E-state index in [4.69, 9.17) is 0 Å². The van der Waals surface area contributed by atoms with Crippen LogP contribution < -0.4 is 5.56 Å². The van der Waals surface area contributed by atoms with Crippen LogP contribution >= 0.6 is 0 Å². The number of ketones is 1. The smallest absolute Gasteiger partial charge is 0.267 e. The molecule has 86 valence electrons. The quantitative estimate of drug-likeness (QED) is 0.800. The molecule has 0 spiro atoms. The Morgan fingerprint density at radius 2 is 1.88 bits per heavy atom. The summed E-state index contributed by atoms with van der Waals surface area (Å²) in [6.07, 6.45) is 0. The molecule has 17 heavy (non-hydrogen) atoms. The Kier molecular flexibility index (Phi) is 3.14. The Bertz CT molecular complexity index is 588. The highest BCUT2D eigenvalue weighted by Gasteiger charge is 2.04. The summed E-state index contributed by atoms with van der Waals surface area (Å²) in [5.74, 6) is -0.0928. The Balaban J connectivity index is 2.44. The van der Waals surface area contributed by atoms with Crippen molar-refractivity contribution < 1.29 is 4.79 Å². The molecule has 0 aliphatic rings. The highest BCUT2D eigenvalue weighted by atomic mass is 16.1. The van der Waals surface area contributed by atoms with E-state index >= 15 is 0 Å². The van der Waals surface area contributed by atoms with E-state index in [-0.39, 0.29) is 17.9 Å². The van der Waals surface area contributed by atoms with Gasteiger partial charge in [-0.05, 0) is 13.0 Å². The Morgan fingerprint density at radius 3 is 2.53 bits per heavy atom. The summed E-state index contributed by atoms with van der Waals surface area (Å²) in [7, 11) is 0. The summed E-state index contributed by atoms with van der Waals surface area (Å²) < 4.78 is 1.19. The van der Waals surface area contributed by atoms with Gasteiger partial charge in [0.15, 0.2) is 5.78 Å². The van der Waals surface area contributed by atoms with E-state index in [1.807, 2.05) is 30.3 Å². The van der Waals surface area contributed by atoms with Crippen LogP contribution in [0.25, 0.3) is 11.3 Å². The van der Waals surface area contributed by atoms with Gasteiger partial charge in [0.05, 0.1) is 5.69 Å². The SMILES string of the molecule is CC(=O)Cn1nc(-c2ccccc2)ccc1=O. The summed E-state index contributed by atoms with van der Waals surface area (Å²) >= 11 is 0. The molecule has 0 N–H and O–H groups in total. The minimum Gasteiger partial charge on any atom is -0.298 e. The molecule has 4 nitrogen and oxygen atoms in total. The van der Waals surface area contributed by atoms with E-state index in [1.165, 1.54) is 17.7 Å². The highest BCUT2D eigenvalue weighted by Crippen LogP contribution is 2.13. The van der Waals surface area contributed by atoms with Crippen LogP contribution in [-0.4, -0.2) is 15.6 Å². The number of rotatable bonds is 3. The van der Waals surface area contributed by atoms with Crippen molar-refractivity contribution in [2.75, 3.05) is 0 Å². The Morgan fingerprint density at radius 1 is 1.18 bits per heavy atom. The average molecular weight is 228 g/mol. The summed E-state index contributed by atoms with van der Waals surface area (Å²) in [5, 5.41) is 4.17. The number of hydrogen-bond acceptors (Lipinski definition) is 3. The van der Waals surface area contributed by atoms with Crippen LogP contribution in [-0.2, 0) is 11.3 Å². The second kappa shape index (κ2) is 4.74. The number of hydrogen-bond donors (Lipinski definition) is 0. The van der Waals surface area contributed by atoms with Crippen molar-refractivity contribution in [2.45, 2.75) is 13.5 Å². The molecule has 1 aromatic carbocycles. The Labute approximate surface area is 98.5 Å². The Hall–Kier alpha value is -2.23. The van der Waals surface area contributed by atoms with Gasteiger partial charge in [0, 0.05) is 11.6 Å². The lowest BCUT2D eigenvalue weighted by Crippen LogP contribution is -2.25. The predicted octanol–water partition coefficient (Wildman–Crippen LogP) is 1.50. The molecular formula is C13H12N2O2. The molecule has 0 bridgehead atoms. The van der Waals surface area contributed by atoms with Gasteiger partial charge in [0.2, 0.25) is 0 Å². The van der Waals surface area contributed by atoms with Crippen LogP contribution in [0.15, 0.2) is 47.3 Å². The van der Waals surface area contributed by atoms with Crippen LogP contribution in [0.4, 0.5) is 0 Å². The summed E-state index contributed by atoms with van der Waals surface area (Å²) in [6.45, 7) is 1.45. The zero-order valence-electron chi connectivity index (χ0n) is 9.46. The van der Waals surface area contributed by atoms with Gasteiger partial charge in [0.1, 0.15) is 6.54 Å². The summed E-state index contributed by atoms with van der Waals surface area (Å²) in [5.41, 5.74) is 1.34. The molecule has 0 fully saturated rings. The molecule has 0 aliphatic carbocycles. The van der Waals surface area contributed by atoms with Crippen LogP contribution in [0.1, 0.15) is 6.92 Å². The van der Waals surface area contributed by atoms with Crippen molar-refractivity contribution in [2.24, 2.45) is 0 Å². The van der Waals surface area contributed by atoms with Crippen molar-refractivity contribution in [1.82, 2.24) is 9.78 Å². The number of benzene rings is 1. The number of aromatic nitrogens is 2. The highest BCUT2D eigenvalue weighted by molar-refractivity contribution is 5.75. The molecule has 1 aromatic heterocycles. The lowest BCUT2D eigenvalue weighted by atomic mass is 10.1. The first-order valence-corrected chi connectivity index (χ1v) is 5.30. The van der Waals surface area contributed by atoms with Crippen molar-refractivity contribution in [1.29, 1.82) is 0 Å². The predicted molar refractivity (Wildman–Crippen MR) is 64.6 cm³/mol. The second-order valence-electron chi connectivity index (χ2n) is 3.78. The van der Waals surface area contributed by atoms with Gasteiger partial charge in [-0.1, -0.05) is 30.3 Å². The number of carbonyl (C=O) groups excluding carboxylic acids is 1. The maximum atomic E-state index is 11.5. The fraction of sp³-hybridized carbons (Fsp3) is 0.154. The average Bonchev–Trinajstić information content (AvgIpc) is 2.32. The molecular weight excluding hydrogens is 216 g/mol. The van der Waals surface area contributed by atoms with Crippen molar-refractivity contribution >= 4 is 5.78 Å². The third-order valence-corrected chi connectivity index (χ3v) is 2.31. The second-order valence-corrected chi connectivity index (χ2v) is 3.78. The van der Waals surface area contributed by atoms with Crippen LogP contribution in [0.3, 0.4) is 0 Å². The fourth-order valence-electron chi connectivity index (χ4n) is 1.54. The number of Topliss-reactive ketones (excluding diaryl/α,β-unsaturated/α-hetero) is 1. The van der Waals surface area contributed by atoms with Gasteiger partial charge in [-0.25, -0.2) is 4.68 Å². The minimum atomic E-state index is -0.264. The first kappa shape index (κ1) is 11.3. The van der Waals surface area contributed by atoms with E-state index < -0.39 is 0 Å². The molecule has 0 radical (unpaired) electrons. The standard InChI is InChI=1S/C13H12N2O2/c1-10(16)9-15-13(17)8-7-12(14-15)11-5-3-2-4-6-11/h2-8H,9H2,1H3. The zero-order chi connectivity index (χ0) is 12.3. The summed E-state index contributed by atoms with van der Waals surface area (Å²) in [4.78, 5) is 22.5. The maximum Gasteiger partial charge on any atom is 0.267 e. The molecule has 0 amide bonds. The van der Waals surface area contributed by atoms with E-state index in [1.54, 1.807) is 6.07 Å². The largest absolute Gasteiger partial charge is 0.298 e. The van der Waals surface area contributed by atoms with Crippen LogP contribution in [0, 0.1) is 0 Å². The molecule has 0 aliphatic heterocycles. The molecule has 0 saturated heterocycles. The lowest BCUT2D eigenvalue weighted by molar-refractivity contribution is -0.117. The molecule has 2 aromatic rings. The molecule has 2 rings (SSSR count). The van der Waals surface area contributed by atoms with E-state index in [0.29, 0.717) is 5.69 Å². The molecule has 1 heterocycles. The fourth-order valence-corrected chi connectivity index (χ4v) is 1.54. The third kappa shape index (κ3) is 2.66. The lowest BCUT2D eigenvalue weighted by Gasteiger charge is -2.04. The molecule has 4 heteroatoms.